The average molecular weight is 459 g/mol. The van der Waals surface area contributed by atoms with Crippen LogP contribution in [0.5, 0.6) is 0 Å². The Balaban J connectivity index is 1.54. The normalized spacial score (nSPS) is 14.1. The lowest BCUT2D eigenvalue weighted by atomic mass is 10.1. The first-order valence-electron chi connectivity index (χ1n) is 10.8. The number of hydrogen-bond donors (Lipinski definition) is 0. The number of imidazole rings is 2. The predicted molar refractivity (Wildman–Crippen MR) is 123 cm³/mol. The zero-order chi connectivity index (χ0) is 24.0. The SMILES string of the molecule is [C-]#[N+]c1cnc2ccc(-c3c(-c4ccc(F)cc4)ncn3C3CN(C(=O)OC(C)(C)C)C3)nn12. The van der Waals surface area contributed by atoms with Crippen molar-refractivity contribution in [3.05, 3.63) is 66.2 Å². The van der Waals surface area contributed by atoms with E-state index < -0.39 is 5.60 Å². The molecule has 10 heteroatoms. The van der Waals surface area contributed by atoms with Gasteiger partial charge in [0.05, 0.1) is 30.0 Å². The van der Waals surface area contributed by atoms with Crippen LogP contribution in [0.1, 0.15) is 26.8 Å². The summed E-state index contributed by atoms with van der Waals surface area (Å²) in [6, 6.07) is 9.67. The fourth-order valence-electron chi connectivity index (χ4n) is 3.88. The molecule has 9 nitrogen and oxygen atoms in total. The second kappa shape index (κ2) is 7.95. The summed E-state index contributed by atoms with van der Waals surface area (Å²) in [7, 11) is 0. The summed E-state index contributed by atoms with van der Waals surface area (Å²) in [6.45, 7) is 13.8. The van der Waals surface area contributed by atoms with E-state index in [1.54, 1.807) is 29.4 Å². The van der Waals surface area contributed by atoms with Crippen molar-refractivity contribution in [2.45, 2.75) is 32.4 Å². The van der Waals surface area contributed by atoms with Crippen molar-refractivity contribution in [1.82, 2.24) is 29.0 Å². The quantitative estimate of drug-likeness (QED) is 0.413. The molecule has 3 aromatic heterocycles. The minimum Gasteiger partial charge on any atom is -0.444 e. The van der Waals surface area contributed by atoms with Crippen molar-refractivity contribution in [2.75, 3.05) is 13.1 Å². The molecule has 1 saturated heterocycles. The van der Waals surface area contributed by atoms with Gasteiger partial charge in [-0.2, -0.15) is 0 Å². The Bertz CT molecular complexity index is 1420. The molecule has 1 aromatic carbocycles. The summed E-state index contributed by atoms with van der Waals surface area (Å²) in [5, 5.41) is 4.66. The molecule has 0 atom stereocenters. The average Bonchev–Trinajstić information content (AvgIpc) is 3.35. The highest BCUT2D eigenvalue weighted by molar-refractivity contribution is 5.77. The third-order valence-corrected chi connectivity index (χ3v) is 5.52. The summed E-state index contributed by atoms with van der Waals surface area (Å²) >= 11 is 0. The Labute approximate surface area is 195 Å². The Hall–Kier alpha value is -4.26. The number of carbonyl (C=O) groups excluding carboxylic acids is 1. The number of halogens is 1. The van der Waals surface area contributed by atoms with Crippen LogP contribution < -0.4 is 0 Å². The molecule has 1 amide bonds. The zero-order valence-electron chi connectivity index (χ0n) is 18.9. The topological polar surface area (TPSA) is 81.9 Å². The number of likely N-dealkylation sites (tertiary alicyclic amines) is 1. The molecule has 0 spiro atoms. The van der Waals surface area contributed by atoms with Crippen LogP contribution in [0.15, 0.2) is 48.9 Å². The van der Waals surface area contributed by atoms with Gasteiger partial charge in [-0.3, -0.25) is 0 Å². The van der Waals surface area contributed by atoms with Gasteiger partial charge in [-0.15, -0.1) is 4.52 Å². The number of rotatable bonds is 3. The highest BCUT2D eigenvalue weighted by Gasteiger charge is 2.36. The summed E-state index contributed by atoms with van der Waals surface area (Å²) in [5.41, 5.74) is 2.66. The largest absolute Gasteiger partial charge is 0.444 e. The molecule has 0 aliphatic carbocycles. The molecule has 4 aromatic rings. The van der Waals surface area contributed by atoms with Crippen molar-refractivity contribution < 1.29 is 13.9 Å². The van der Waals surface area contributed by atoms with E-state index in [-0.39, 0.29) is 18.0 Å². The zero-order valence-corrected chi connectivity index (χ0v) is 18.9. The van der Waals surface area contributed by atoms with Gasteiger partial charge in [-0.1, -0.05) is 11.7 Å². The molecule has 5 rings (SSSR count). The van der Waals surface area contributed by atoms with Gasteiger partial charge in [0.2, 0.25) is 5.65 Å². The van der Waals surface area contributed by atoms with Crippen LogP contribution in [0.2, 0.25) is 0 Å². The van der Waals surface area contributed by atoms with E-state index in [0.717, 1.165) is 5.56 Å². The summed E-state index contributed by atoms with van der Waals surface area (Å²) < 4.78 is 22.5. The predicted octanol–water partition coefficient (Wildman–Crippen LogP) is 4.74. The monoisotopic (exact) mass is 459 g/mol. The number of hydrogen-bond acceptors (Lipinski definition) is 5. The maximum Gasteiger partial charge on any atom is 0.410 e. The Morgan fingerprint density at radius 2 is 1.88 bits per heavy atom. The maximum atomic E-state index is 13.6. The molecule has 0 N–H and O–H groups in total. The smallest absolute Gasteiger partial charge is 0.410 e. The molecule has 0 saturated carbocycles. The molecule has 0 bridgehead atoms. The number of nitrogens with zero attached hydrogens (tertiary/aromatic N) is 7. The van der Waals surface area contributed by atoms with Crippen LogP contribution in [-0.2, 0) is 4.74 Å². The second-order valence-corrected chi connectivity index (χ2v) is 9.11. The summed E-state index contributed by atoms with van der Waals surface area (Å²) in [6.07, 6.45) is 2.83. The molecule has 172 valence electrons. The van der Waals surface area contributed by atoms with Crippen LogP contribution in [-0.4, -0.2) is 53.8 Å². The number of ether oxygens (including phenoxy) is 1. The molecular formula is C24H22FN7O2. The minimum atomic E-state index is -0.567. The number of benzene rings is 1. The van der Waals surface area contributed by atoms with E-state index in [4.69, 9.17) is 11.3 Å². The van der Waals surface area contributed by atoms with Crippen molar-refractivity contribution >= 4 is 17.6 Å². The second-order valence-electron chi connectivity index (χ2n) is 9.11. The van der Waals surface area contributed by atoms with Gasteiger partial charge in [0.15, 0.2) is 0 Å². The van der Waals surface area contributed by atoms with Gasteiger partial charge >= 0.3 is 6.09 Å². The fraction of sp³-hybridized carbons (Fsp3) is 0.292. The number of aromatic nitrogens is 5. The van der Waals surface area contributed by atoms with Gasteiger partial charge in [0.1, 0.15) is 17.1 Å². The highest BCUT2D eigenvalue weighted by Crippen LogP contribution is 2.35. The van der Waals surface area contributed by atoms with Gasteiger partial charge in [-0.05, 0) is 51.1 Å². The lowest BCUT2D eigenvalue weighted by molar-refractivity contribution is 0.00123. The van der Waals surface area contributed by atoms with E-state index >= 15 is 0 Å². The molecular weight excluding hydrogens is 437 g/mol. The summed E-state index contributed by atoms with van der Waals surface area (Å²) in [4.78, 5) is 26.4. The van der Waals surface area contributed by atoms with E-state index in [1.165, 1.54) is 22.8 Å². The Kier molecular flexibility index (Phi) is 5.05. The van der Waals surface area contributed by atoms with Crippen molar-refractivity contribution in [1.29, 1.82) is 0 Å². The van der Waals surface area contributed by atoms with Gasteiger partial charge in [0.25, 0.3) is 5.82 Å². The van der Waals surface area contributed by atoms with Crippen molar-refractivity contribution in [3.8, 4) is 22.6 Å². The highest BCUT2D eigenvalue weighted by atomic mass is 19.1. The first-order chi connectivity index (χ1) is 16.2. The van der Waals surface area contributed by atoms with Gasteiger partial charge < -0.3 is 19.0 Å². The Morgan fingerprint density at radius 3 is 2.56 bits per heavy atom. The standard InChI is InChI=1S/C24H22FN7O2/c1-24(2,3)34-23(33)30-12-17(13-30)31-14-28-21(15-5-7-16(25)8-6-15)22(31)18-9-10-19-27-11-20(26-4)32(19)29-18/h5-11,14,17H,12-13H2,1-3H3. The van der Waals surface area contributed by atoms with Crippen LogP contribution in [0.25, 0.3) is 33.1 Å². The minimum absolute atomic E-state index is 0.0372. The van der Waals surface area contributed by atoms with E-state index in [9.17, 15) is 9.18 Å². The van der Waals surface area contributed by atoms with Crippen LogP contribution in [0, 0.1) is 12.4 Å². The third kappa shape index (κ3) is 3.85. The third-order valence-electron chi connectivity index (χ3n) is 5.52. The van der Waals surface area contributed by atoms with E-state index in [0.29, 0.717) is 41.6 Å². The molecule has 1 aliphatic rings. The van der Waals surface area contributed by atoms with E-state index in [2.05, 4.69) is 19.9 Å². The van der Waals surface area contributed by atoms with Gasteiger partial charge in [0, 0.05) is 24.7 Å². The first-order valence-corrected chi connectivity index (χ1v) is 10.8. The summed E-state index contributed by atoms with van der Waals surface area (Å²) in [5.74, 6) is -0.0395. The van der Waals surface area contributed by atoms with Crippen LogP contribution in [0.3, 0.4) is 0 Å². The molecule has 1 aliphatic heterocycles. The van der Waals surface area contributed by atoms with Crippen LogP contribution in [0.4, 0.5) is 15.0 Å². The number of fused-ring (bicyclic) bond motifs is 1. The van der Waals surface area contributed by atoms with Crippen molar-refractivity contribution in [2.24, 2.45) is 0 Å². The Morgan fingerprint density at radius 1 is 1.15 bits per heavy atom. The molecule has 34 heavy (non-hydrogen) atoms. The molecule has 0 radical (unpaired) electrons. The molecule has 0 unspecified atom stereocenters. The fourth-order valence-corrected chi connectivity index (χ4v) is 3.88. The van der Waals surface area contributed by atoms with Crippen molar-refractivity contribution in [3.63, 3.8) is 0 Å². The lowest BCUT2D eigenvalue weighted by Gasteiger charge is -2.40. The van der Waals surface area contributed by atoms with E-state index in [1.807, 2.05) is 31.4 Å². The number of carbonyl (C=O) groups is 1. The lowest BCUT2D eigenvalue weighted by Crippen LogP contribution is -2.52. The number of amides is 1. The molecule has 1 fully saturated rings. The first kappa shape index (κ1) is 21.6. The molecule has 4 heterocycles. The van der Waals surface area contributed by atoms with Crippen LogP contribution >= 0.6 is 0 Å². The van der Waals surface area contributed by atoms with Gasteiger partial charge in [-0.25, -0.2) is 19.2 Å². The maximum absolute atomic E-state index is 13.6.